The Morgan fingerprint density at radius 2 is 2.33 bits per heavy atom. The van der Waals surface area contributed by atoms with Crippen LogP contribution in [-0.4, -0.2) is 19.6 Å². The lowest BCUT2D eigenvalue weighted by Gasteiger charge is -2.32. The lowest BCUT2D eigenvalue weighted by Crippen LogP contribution is -2.34. The Morgan fingerprint density at radius 3 is 3.13 bits per heavy atom. The number of rotatable bonds is 2. The molecule has 2 nitrogen and oxygen atoms in total. The van der Waals surface area contributed by atoms with E-state index in [9.17, 15) is 0 Å². The lowest BCUT2D eigenvalue weighted by molar-refractivity contribution is 0.825. The number of nitrogens with one attached hydrogen (secondary N) is 1. The zero-order valence-corrected chi connectivity index (χ0v) is 9.59. The van der Waals surface area contributed by atoms with Crippen molar-refractivity contribution in [1.29, 1.82) is 0 Å². The molecule has 0 unspecified atom stereocenters. The van der Waals surface area contributed by atoms with Crippen LogP contribution < -0.4 is 10.2 Å². The van der Waals surface area contributed by atoms with Crippen molar-refractivity contribution in [2.75, 3.05) is 29.9 Å². The molecule has 3 heteroatoms. The first-order valence-electron chi connectivity index (χ1n) is 5.15. The van der Waals surface area contributed by atoms with Gasteiger partial charge in [-0.1, -0.05) is 23.7 Å². The highest BCUT2D eigenvalue weighted by Gasteiger charge is 2.15. The second-order valence-electron chi connectivity index (χ2n) is 3.82. The fourth-order valence-corrected chi connectivity index (χ4v) is 1.91. The summed E-state index contributed by atoms with van der Waals surface area (Å²) in [6.07, 6.45) is 0. The number of para-hydroxylation sites is 2. The van der Waals surface area contributed by atoms with Gasteiger partial charge < -0.3 is 10.2 Å². The van der Waals surface area contributed by atoms with Gasteiger partial charge in [-0.25, -0.2) is 0 Å². The summed E-state index contributed by atoms with van der Waals surface area (Å²) in [4.78, 5) is 2.35. The predicted molar refractivity (Wildman–Crippen MR) is 66.8 cm³/mol. The summed E-state index contributed by atoms with van der Waals surface area (Å²) in [5.41, 5.74) is 5.33. The Bertz CT molecular complexity index is 374. The zero-order valence-electron chi connectivity index (χ0n) is 8.83. The maximum atomic E-state index is 5.69. The molecule has 0 radical (unpaired) electrons. The fraction of sp³-hybridized carbons (Fsp3) is 0.333. The van der Waals surface area contributed by atoms with Crippen molar-refractivity contribution in [2.24, 2.45) is 0 Å². The molecule has 1 N–H and O–H groups in total. The molecule has 0 amide bonds. The lowest BCUT2D eigenvalue weighted by atomic mass is 10.2. The molecule has 0 aromatic heterocycles. The predicted octanol–water partition coefficient (Wildman–Crippen LogP) is 3.06. The highest BCUT2D eigenvalue weighted by atomic mass is 35.5. The topological polar surface area (TPSA) is 15.3 Å². The fourth-order valence-electron chi connectivity index (χ4n) is 1.84. The van der Waals surface area contributed by atoms with Crippen molar-refractivity contribution < 1.29 is 0 Å². The van der Waals surface area contributed by atoms with Crippen LogP contribution >= 0.6 is 11.6 Å². The summed E-state index contributed by atoms with van der Waals surface area (Å²) in [6.45, 7) is 4.98. The minimum absolute atomic E-state index is 0.905. The van der Waals surface area contributed by atoms with Crippen LogP contribution in [0.4, 0.5) is 11.4 Å². The third kappa shape index (κ3) is 2.26. The SMILES string of the molecule is C/C(=C/Cl)CN1CCNc2ccccc21. The van der Waals surface area contributed by atoms with Crippen LogP contribution in [-0.2, 0) is 0 Å². The second kappa shape index (κ2) is 4.58. The second-order valence-corrected chi connectivity index (χ2v) is 4.04. The molecular formula is C12H15ClN2. The molecule has 1 aliphatic rings. The highest BCUT2D eigenvalue weighted by molar-refractivity contribution is 6.25. The Hall–Kier alpha value is -1.15. The maximum Gasteiger partial charge on any atom is 0.0605 e. The molecule has 0 atom stereocenters. The van der Waals surface area contributed by atoms with Crippen LogP contribution in [0.1, 0.15) is 6.92 Å². The molecule has 0 spiro atoms. The molecule has 1 aromatic carbocycles. The standard InChI is InChI=1S/C12H15ClN2/c1-10(8-13)9-15-7-6-14-11-4-2-3-5-12(11)15/h2-5,8,14H,6-7,9H2,1H3/b10-8-. The Kier molecular flexibility index (Phi) is 3.17. The average Bonchev–Trinajstić information content (AvgIpc) is 2.29. The minimum Gasteiger partial charge on any atom is -0.382 e. The molecule has 80 valence electrons. The number of halogens is 1. The van der Waals surface area contributed by atoms with Gasteiger partial charge in [0.15, 0.2) is 0 Å². The maximum absolute atomic E-state index is 5.69. The van der Waals surface area contributed by atoms with Crippen LogP contribution in [0.5, 0.6) is 0 Å². The van der Waals surface area contributed by atoms with E-state index in [1.165, 1.54) is 16.9 Å². The molecule has 0 saturated carbocycles. The number of benzene rings is 1. The summed E-state index contributed by atoms with van der Waals surface area (Å²) < 4.78 is 0. The van der Waals surface area contributed by atoms with Crippen LogP contribution in [0.15, 0.2) is 35.4 Å². The van der Waals surface area contributed by atoms with Crippen LogP contribution in [0, 0.1) is 0 Å². The van der Waals surface area contributed by atoms with E-state index >= 15 is 0 Å². The molecule has 1 aliphatic heterocycles. The number of hydrogen-bond donors (Lipinski definition) is 1. The zero-order chi connectivity index (χ0) is 10.7. The van der Waals surface area contributed by atoms with Crippen LogP contribution in [0.25, 0.3) is 0 Å². The van der Waals surface area contributed by atoms with Gasteiger partial charge in [-0.2, -0.15) is 0 Å². The van der Waals surface area contributed by atoms with Crippen molar-refractivity contribution in [3.8, 4) is 0 Å². The summed E-state index contributed by atoms with van der Waals surface area (Å²) in [7, 11) is 0. The smallest absolute Gasteiger partial charge is 0.0605 e. The Labute approximate surface area is 95.5 Å². The normalized spacial score (nSPS) is 15.9. The highest BCUT2D eigenvalue weighted by Crippen LogP contribution is 2.28. The van der Waals surface area contributed by atoms with E-state index in [0.29, 0.717) is 0 Å². The first-order valence-corrected chi connectivity index (χ1v) is 5.58. The van der Waals surface area contributed by atoms with Gasteiger partial charge in [-0.05, 0) is 24.6 Å². The van der Waals surface area contributed by atoms with E-state index in [1.807, 2.05) is 0 Å². The average molecular weight is 223 g/mol. The van der Waals surface area contributed by atoms with Crippen molar-refractivity contribution in [3.05, 3.63) is 35.4 Å². The summed E-state index contributed by atoms with van der Waals surface area (Å²) in [6, 6.07) is 8.38. The van der Waals surface area contributed by atoms with E-state index in [4.69, 9.17) is 11.6 Å². The molecule has 0 aliphatic carbocycles. The molecule has 0 saturated heterocycles. The molecule has 0 bridgehead atoms. The van der Waals surface area contributed by atoms with Crippen molar-refractivity contribution in [1.82, 2.24) is 0 Å². The Balaban J connectivity index is 2.22. The summed E-state index contributed by atoms with van der Waals surface area (Å²) in [5.74, 6) is 0. The van der Waals surface area contributed by atoms with Gasteiger partial charge in [0.1, 0.15) is 0 Å². The van der Waals surface area contributed by atoms with E-state index in [-0.39, 0.29) is 0 Å². The van der Waals surface area contributed by atoms with Gasteiger partial charge in [0.2, 0.25) is 0 Å². The first-order chi connectivity index (χ1) is 7.31. The van der Waals surface area contributed by atoms with E-state index in [2.05, 4.69) is 41.4 Å². The van der Waals surface area contributed by atoms with Crippen molar-refractivity contribution in [2.45, 2.75) is 6.92 Å². The minimum atomic E-state index is 0.905. The van der Waals surface area contributed by atoms with E-state index in [1.54, 1.807) is 5.54 Å². The third-order valence-electron chi connectivity index (χ3n) is 2.57. The molecule has 1 heterocycles. The number of fused-ring (bicyclic) bond motifs is 1. The van der Waals surface area contributed by atoms with Crippen LogP contribution in [0.3, 0.4) is 0 Å². The van der Waals surface area contributed by atoms with Crippen molar-refractivity contribution in [3.63, 3.8) is 0 Å². The van der Waals surface area contributed by atoms with Gasteiger partial charge in [-0.3, -0.25) is 0 Å². The summed E-state index contributed by atoms with van der Waals surface area (Å²) >= 11 is 5.69. The quantitative estimate of drug-likeness (QED) is 0.828. The monoisotopic (exact) mass is 222 g/mol. The molecule has 0 fully saturated rings. The van der Waals surface area contributed by atoms with Crippen LogP contribution in [0.2, 0.25) is 0 Å². The molecule has 2 rings (SSSR count). The molecular weight excluding hydrogens is 208 g/mol. The Morgan fingerprint density at radius 1 is 1.53 bits per heavy atom. The number of nitrogens with zero attached hydrogens (tertiary/aromatic N) is 1. The van der Waals surface area contributed by atoms with E-state index in [0.717, 1.165) is 19.6 Å². The third-order valence-corrected chi connectivity index (χ3v) is 2.94. The van der Waals surface area contributed by atoms with Gasteiger partial charge in [0.25, 0.3) is 0 Å². The molecule has 1 aromatic rings. The number of hydrogen-bond acceptors (Lipinski definition) is 2. The first kappa shape index (κ1) is 10.4. The summed E-state index contributed by atoms with van der Waals surface area (Å²) in [5, 5.41) is 3.39. The van der Waals surface area contributed by atoms with E-state index < -0.39 is 0 Å². The largest absolute Gasteiger partial charge is 0.382 e. The van der Waals surface area contributed by atoms with Crippen molar-refractivity contribution >= 4 is 23.0 Å². The van der Waals surface area contributed by atoms with Gasteiger partial charge in [0, 0.05) is 25.2 Å². The van der Waals surface area contributed by atoms with Gasteiger partial charge in [-0.15, -0.1) is 0 Å². The van der Waals surface area contributed by atoms with Gasteiger partial charge >= 0.3 is 0 Å². The number of anilines is 2. The van der Waals surface area contributed by atoms with Gasteiger partial charge in [0.05, 0.1) is 11.4 Å². The molecule has 15 heavy (non-hydrogen) atoms.